The first kappa shape index (κ1) is 33.6. The standard InChI is InChI=1S/C12H11Cl2N3O3S.C11H8Cl3N3O3S/c1-7-8(13)4-3-5-9(7)21(18,19)17-11-12(20-2)15-6-10(14)16-11;1-20-11-10(16-8(13)5-15-11)17-21(18,19)7-4-2-3-6(12)9(7)14/h3-6H,1-2H3,(H,16,17);2-5H,1H3,(H,16,17). The summed E-state index contributed by atoms with van der Waals surface area (Å²) in [6.45, 7) is 1.61. The summed E-state index contributed by atoms with van der Waals surface area (Å²) in [5.41, 5.74) is 0.431. The van der Waals surface area contributed by atoms with Crippen molar-refractivity contribution in [3.05, 3.63) is 79.7 Å². The van der Waals surface area contributed by atoms with E-state index >= 15 is 0 Å². The largest absolute Gasteiger partial charge is 0.478 e. The summed E-state index contributed by atoms with van der Waals surface area (Å²) in [6.07, 6.45) is 2.48. The Labute approximate surface area is 266 Å². The predicted molar refractivity (Wildman–Crippen MR) is 161 cm³/mol. The van der Waals surface area contributed by atoms with Crippen molar-refractivity contribution < 1.29 is 26.3 Å². The van der Waals surface area contributed by atoms with E-state index in [1.54, 1.807) is 19.1 Å². The Morgan fingerprint density at radius 3 is 1.57 bits per heavy atom. The first-order valence-electron chi connectivity index (χ1n) is 11.1. The Morgan fingerprint density at radius 2 is 1.10 bits per heavy atom. The molecule has 0 amide bonds. The number of hydrogen-bond acceptors (Lipinski definition) is 10. The van der Waals surface area contributed by atoms with E-state index in [2.05, 4.69) is 29.4 Å². The number of aromatic nitrogens is 4. The smallest absolute Gasteiger partial charge is 0.264 e. The summed E-state index contributed by atoms with van der Waals surface area (Å²) in [7, 11) is -5.25. The van der Waals surface area contributed by atoms with E-state index in [0.717, 1.165) is 0 Å². The average molecular weight is 717 g/mol. The minimum Gasteiger partial charge on any atom is -0.478 e. The molecular weight excluding hydrogens is 698 g/mol. The Morgan fingerprint density at radius 1 is 0.667 bits per heavy atom. The Bertz CT molecular complexity index is 1700. The molecule has 0 fully saturated rings. The van der Waals surface area contributed by atoms with Crippen LogP contribution in [0.4, 0.5) is 11.6 Å². The van der Waals surface area contributed by atoms with Gasteiger partial charge in [-0.15, -0.1) is 0 Å². The van der Waals surface area contributed by atoms with Crippen LogP contribution >= 0.6 is 58.0 Å². The third kappa shape index (κ3) is 8.16. The van der Waals surface area contributed by atoms with Crippen LogP contribution in [0.5, 0.6) is 11.8 Å². The van der Waals surface area contributed by atoms with Crippen molar-refractivity contribution in [3.8, 4) is 11.8 Å². The number of anilines is 2. The van der Waals surface area contributed by atoms with Crippen molar-refractivity contribution in [1.29, 1.82) is 0 Å². The number of benzene rings is 2. The minimum atomic E-state index is -4.02. The molecule has 4 aromatic rings. The van der Waals surface area contributed by atoms with Gasteiger partial charge in [-0.3, -0.25) is 9.44 Å². The maximum Gasteiger partial charge on any atom is 0.264 e. The van der Waals surface area contributed by atoms with Gasteiger partial charge in [-0.25, -0.2) is 36.8 Å². The van der Waals surface area contributed by atoms with Gasteiger partial charge < -0.3 is 9.47 Å². The molecule has 0 saturated carbocycles. The van der Waals surface area contributed by atoms with Gasteiger partial charge in [0.1, 0.15) is 15.2 Å². The van der Waals surface area contributed by atoms with Gasteiger partial charge in [0.05, 0.1) is 41.6 Å². The highest BCUT2D eigenvalue weighted by Crippen LogP contribution is 2.32. The lowest BCUT2D eigenvalue weighted by molar-refractivity contribution is 0.398. The van der Waals surface area contributed by atoms with Crippen LogP contribution in [0.15, 0.2) is 58.6 Å². The van der Waals surface area contributed by atoms with E-state index in [0.29, 0.717) is 10.6 Å². The van der Waals surface area contributed by atoms with Gasteiger partial charge >= 0.3 is 0 Å². The Balaban J connectivity index is 0.000000230. The molecule has 224 valence electrons. The molecule has 42 heavy (non-hydrogen) atoms. The molecule has 0 aliphatic rings. The predicted octanol–water partition coefficient (Wildman–Crippen LogP) is 6.15. The van der Waals surface area contributed by atoms with Crippen LogP contribution in [0, 0.1) is 6.92 Å². The van der Waals surface area contributed by atoms with Crippen LogP contribution in [0.3, 0.4) is 0 Å². The number of halogens is 5. The highest BCUT2D eigenvalue weighted by Gasteiger charge is 2.23. The number of sulfonamides is 2. The molecule has 0 unspecified atom stereocenters. The van der Waals surface area contributed by atoms with Crippen LogP contribution in [0.1, 0.15) is 5.56 Å². The molecule has 0 saturated heterocycles. The van der Waals surface area contributed by atoms with Crippen molar-refractivity contribution in [1.82, 2.24) is 19.9 Å². The minimum absolute atomic E-state index is 0.00527. The number of methoxy groups -OCH3 is 2. The van der Waals surface area contributed by atoms with Crippen LogP contribution in [0.25, 0.3) is 0 Å². The lowest BCUT2D eigenvalue weighted by Crippen LogP contribution is -2.16. The first-order valence-corrected chi connectivity index (χ1v) is 15.9. The SMILES string of the molecule is COc1ncc(Cl)nc1NS(=O)(=O)c1cccc(Cl)c1C.COc1ncc(Cl)nc1NS(=O)(=O)c1cccc(Cl)c1Cl. The average Bonchev–Trinajstić information content (AvgIpc) is 2.92. The van der Waals surface area contributed by atoms with E-state index in [4.69, 9.17) is 67.5 Å². The van der Waals surface area contributed by atoms with Crippen LogP contribution in [0.2, 0.25) is 25.4 Å². The van der Waals surface area contributed by atoms with Gasteiger partial charge in [0, 0.05) is 5.02 Å². The van der Waals surface area contributed by atoms with Gasteiger partial charge in [0.2, 0.25) is 11.6 Å². The molecule has 2 N–H and O–H groups in total. The van der Waals surface area contributed by atoms with Crippen molar-refractivity contribution in [2.45, 2.75) is 16.7 Å². The third-order valence-corrected chi connectivity index (χ3v) is 9.55. The molecule has 0 aliphatic heterocycles. The summed E-state index contributed by atoms with van der Waals surface area (Å²) in [4.78, 5) is 15.2. The van der Waals surface area contributed by atoms with Gasteiger partial charge in [-0.2, -0.15) is 0 Å². The second kappa shape index (κ2) is 14.1. The first-order chi connectivity index (χ1) is 19.7. The van der Waals surface area contributed by atoms with E-state index in [9.17, 15) is 16.8 Å². The third-order valence-electron chi connectivity index (χ3n) is 4.98. The lowest BCUT2D eigenvalue weighted by Gasteiger charge is -2.12. The fourth-order valence-electron chi connectivity index (χ4n) is 3.08. The molecular formula is C23H19Cl5N6O6S2. The molecule has 0 radical (unpaired) electrons. The number of nitrogens with zero attached hydrogens (tertiary/aromatic N) is 4. The summed E-state index contributed by atoms with van der Waals surface area (Å²) in [6, 6.07) is 8.84. The summed E-state index contributed by atoms with van der Waals surface area (Å²) in [5.74, 6) is -0.255. The topological polar surface area (TPSA) is 162 Å². The fourth-order valence-corrected chi connectivity index (χ4v) is 6.61. The van der Waals surface area contributed by atoms with Crippen LogP contribution in [-0.2, 0) is 20.0 Å². The summed E-state index contributed by atoms with van der Waals surface area (Å²) >= 11 is 29.1. The maximum absolute atomic E-state index is 12.4. The van der Waals surface area contributed by atoms with Crippen molar-refractivity contribution >= 4 is 89.7 Å². The number of hydrogen-bond donors (Lipinski definition) is 2. The fraction of sp³-hybridized carbons (Fsp3) is 0.130. The van der Waals surface area contributed by atoms with E-state index in [-0.39, 0.29) is 53.5 Å². The zero-order valence-electron chi connectivity index (χ0n) is 21.6. The second-order valence-electron chi connectivity index (χ2n) is 7.73. The molecule has 2 aromatic carbocycles. The Kier molecular flexibility index (Phi) is 11.3. The number of ether oxygens (including phenoxy) is 2. The quantitative estimate of drug-likeness (QED) is 0.216. The highest BCUT2D eigenvalue weighted by molar-refractivity contribution is 7.93. The van der Waals surface area contributed by atoms with Gasteiger partial charge in [0.25, 0.3) is 31.8 Å². The molecule has 0 atom stereocenters. The molecule has 0 bridgehead atoms. The highest BCUT2D eigenvalue weighted by atomic mass is 35.5. The molecule has 0 aliphatic carbocycles. The van der Waals surface area contributed by atoms with Crippen molar-refractivity contribution in [2.24, 2.45) is 0 Å². The zero-order valence-corrected chi connectivity index (χ0v) is 27.0. The summed E-state index contributed by atoms with van der Waals surface area (Å²) < 4.78 is 63.9. The lowest BCUT2D eigenvalue weighted by atomic mass is 10.2. The second-order valence-corrected chi connectivity index (χ2v) is 13.0. The van der Waals surface area contributed by atoms with E-state index in [1.807, 2.05) is 0 Å². The molecule has 2 aromatic heterocycles. The molecule has 12 nitrogen and oxygen atoms in total. The summed E-state index contributed by atoms with van der Waals surface area (Å²) in [5, 5.41) is 0.410. The number of nitrogens with one attached hydrogen (secondary N) is 2. The Hall–Kier alpha value is -2.85. The van der Waals surface area contributed by atoms with Gasteiger partial charge in [-0.05, 0) is 36.8 Å². The molecule has 19 heteroatoms. The van der Waals surface area contributed by atoms with Crippen LogP contribution < -0.4 is 18.9 Å². The molecule has 0 spiro atoms. The normalized spacial score (nSPS) is 11.2. The molecule has 2 heterocycles. The molecule has 4 rings (SSSR count). The van der Waals surface area contributed by atoms with E-state index < -0.39 is 20.0 Å². The maximum atomic E-state index is 12.4. The van der Waals surface area contributed by atoms with Gasteiger partial charge in [0.15, 0.2) is 0 Å². The van der Waals surface area contributed by atoms with Crippen LogP contribution in [-0.4, -0.2) is 51.0 Å². The van der Waals surface area contributed by atoms with Crippen molar-refractivity contribution in [3.63, 3.8) is 0 Å². The van der Waals surface area contributed by atoms with E-state index in [1.165, 1.54) is 50.9 Å². The zero-order chi connectivity index (χ0) is 31.2. The van der Waals surface area contributed by atoms with Crippen molar-refractivity contribution in [2.75, 3.05) is 23.7 Å². The van der Waals surface area contributed by atoms with Gasteiger partial charge in [-0.1, -0.05) is 70.1 Å². The monoisotopic (exact) mass is 714 g/mol. The number of rotatable bonds is 8.